The van der Waals surface area contributed by atoms with Gasteiger partial charge in [0.25, 0.3) is 0 Å². The molecule has 3 unspecified atom stereocenters. The lowest BCUT2D eigenvalue weighted by Gasteiger charge is -2.17. The lowest BCUT2D eigenvalue weighted by Crippen LogP contribution is -2.01. The minimum Gasteiger partial charge on any atom is -0.117 e. The molecule has 3 rings (SSSR count). The summed E-state index contributed by atoms with van der Waals surface area (Å²) in [7, 11) is 0. The molecule has 0 N–H and O–H groups in total. The van der Waals surface area contributed by atoms with Crippen LogP contribution >= 0.6 is 11.6 Å². The van der Waals surface area contributed by atoms with E-state index in [0.717, 1.165) is 0 Å². The van der Waals surface area contributed by atoms with E-state index >= 15 is 0 Å². The fourth-order valence-electron chi connectivity index (χ4n) is 3.46. The summed E-state index contributed by atoms with van der Waals surface area (Å²) in [5.74, 6) is 1.22. The van der Waals surface area contributed by atoms with Crippen molar-refractivity contribution in [2.75, 3.05) is 0 Å². The number of rotatable bonds is 3. The Labute approximate surface area is 126 Å². The van der Waals surface area contributed by atoms with Crippen LogP contribution in [-0.4, -0.2) is 0 Å². The molecule has 0 bridgehead atoms. The molecule has 0 amide bonds. The Hall–Kier alpha value is -1.27. The van der Waals surface area contributed by atoms with E-state index in [2.05, 4.69) is 63.2 Å². The van der Waals surface area contributed by atoms with Gasteiger partial charge in [0, 0.05) is 0 Å². The highest BCUT2D eigenvalue weighted by molar-refractivity contribution is 6.21. The monoisotopic (exact) mass is 284 g/mol. The molecule has 0 nitrogen and oxygen atoms in total. The van der Waals surface area contributed by atoms with E-state index in [1.165, 1.54) is 34.2 Å². The van der Waals surface area contributed by atoms with Gasteiger partial charge in [0.15, 0.2) is 0 Å². The van der Waals surface area contributed by atoms with Gasteiger partial charge in [0.05, 0.1) is 5.38 Å². The van der Waals surface area contributed by atoms with Gasteiger partial charge in [-0.15, -0.1) is 11.6 Å². The van der Waals surface area contributed by atoms with Gasteiger partial charge in [-0.05, 0) is 61.3 Å². The molecule has 0 aromatic heterocycles. The SMILES string of the molecule is Cc1cc(C)c(C(Cl)C2CC2c2ccccc2)c(C)c1. The molecule has 1 aliphatic rings. The second kappa shape index (κ2) is 5.26. The molecule has 104 valence electrons. The van der Waals surface area contributed by atoms with Crippen LogP contribution in [0.5, 0.6) is 0 Å². The summed E-state index contributed by atoms with van der Waals surface area (Å²) < 4.78 is 0. The summed E-state index contributed by atoms with van der Waals surface area (Å²) >= 11 is 6.81. The van der Waals surface area contributed by atoms with Gasteiger partial charge in [0.1, 0.15) is 0 Å². The average molecular weight is 285 g/mol. The molecule has 0 radical (unpaired) electrons. The van der Waals surface area contributed by atoms with Crippen molar-refractivity contribution in [2.24, 2.45) is 5.92 Å². The fourth-order valence-corrected chi connectivity index (χ4v) is 4.08. The molecule has 2 aromatic carbocycles. The summed E-state index contributed by atoms with van der Waals surface area (Å²) in [6, 6.07) is 15.3. The maximum Gasteiger partial charge on any atom is 0.0624 e. The van der Waals surface area contributed by atoms with Crippen molar-refractivity contribution < 1.29 is 0 Å². The van der Waals surface area contributed by atoms with Gasteiger partial charge in [-0.1, -0.05) is 48.0 Å². The van der Waals surface area contributed by atoms with E-state index < -0.39 is 0 Å². The highest BCUT2D eigenvalue weighted by atomic mass is 35.5. The molecule has 1 heteroatoms. The van der Waals surface area contributed by atoms with Crippen molar-refractivity contribution in [1.29, 1.82) is 0 Å². The third kappa shape index (κ3) is 2.50. The zero-order valence-electron chi connectivity index (χ0n) is 12.4. The number of hydrogen-bond acceptors (Lipinski definition) is 0. The van der Waals surface area contributed by atoms with E-state index in [1.807, 2.05) is 0 Å². The zero-order valence-corrected chi connectivity index (χ0v) is 13.1. The Morgan fingerprint density at radius 3 is 2.20 bits per heavy atom. The maximum atomic E-state index is 6.81. The largest absolute Gasteiger partial charge is 0.117 e. The summed E-state index contributed by atoms with van der Waals surface area (Å²) in [5.41, 5.74) is 6.77. The second-order valence-electron chi connectivity index (χ2n) is 6.13. The molecule has 0 saturated heterocycles. The summed E-state index contributed by atoms with van der Waals surface area (Å²) in [5, 5.41) is 0.140. The fraction of sp³-hybridized carbons (Fsp3) is 0.368. The molecule has 0 aliphatic heterocycles. The van der Waals surface area contributed by atoms with Gasteiger partial charge in [-0.2, -0.15) is 0 Å². The third-order valence-corrected chi connectivity index (χ3v) is 5.00. The highest BCUT2D eigenvalue weighted by Crippen LogP contribution is 2.57. The quantitative estimate of drug-likeness (QED) is 0.635. The third-order valence-electron chi connectivity index (χ3n) is 4.46. The highest BCUT2D eigenvalue weighted by Gasteiger charge is 2.44. The van der Waals surface area contributed by atoms with Crippen LogP contribution in [0, 0.1) is 26.7 Å². The minimum atomic E-state index is 0.140. The second-order valence-corrected chi connectivity index (χ2v) is 6.60. The van der Waals surface area contributed by atoms with Crippen molar-refractivity contribution in [2.45, 2.75) is 38.5 Å². The molecule has 3 atom stereocenters. The van der Waals surface area contributed by atoms with Crippen molar-refractivity contribution in [3.63, 3.8) is 0 Å². The van der Waals surface area contributed by atoms with E-state index in [1.54, 1.807) is 0 Å². The molecule has 1 saturated carbocycles. The normalized spacial score (nSPS) is 22.6. The number of alkyl halides is 1. The molecule has 2 aromatic rings. The summed E-state index contributed by atoms with van der Waals surface area (Å²) in [4.78, 5) is 0. The molecule has 0 spiro atoms. The van der Waals surface area contributed by atoms with Crippen molar-refractivity contribution in [3.8, 4) is 0 Å². The van der Waals surface area contributed by atoms with E-state index in [-0.39, 0.29) is 5.38 Å². The molecule has 1 fully saturated rings. The zero-order chi connectivity index (χ0) is 14.3. The minimum absolute atomic E-state index is 0.140. The van der Waals surface area contributed by atoms with Crippen molar-refractivity contribution in [1.82, 2.24) is 0 Å². The lowest BCUT2D eigenvalue weighted by atomic mass is 9.94. The van der Waals surface area contributed by atoms with Gasteiger partial charge < -0.3 is 0 Å². The first-order valence-electron chi connectivity index (χ1n) is 7.34. The Bertz CT molecular complexity index is 592. The Morgan fingerprint density at radius 1 is 1.00 bits per heavy atom. The summed E-state index contributed by atoms with van der Waals surface area (Å²) in [6.07, 6.45) is 1.21. The van der Waals surface area contributed by atoms with Crippen LogP contribution in [0.4, 0.5) is 0 Å². The topological polar surface area (TPSA) is 0 Å². The molecule has 0 heterocycles. The van der Waals surface area contributed by atoms with Crippen LogP contribution in [-0.2, 0) is 0 Å². The van der Waals surface area contributed by atoms with Crippen molar-refractivity contribution in [3.05, 3.63) is 70.3 Å². The van der Waals surface area contributed by atoms with Gasteiger partial charge >= 0.3 is 0 Å². The Kier molecular flexibility index (Phi) is 3.60. The Balaban J connectivity index is 1.84. The predicted molar refractivity (Wildman–Crippen MR) is 86.5 cm³/mol. The van der Waals surface area contributed by atoms with Crippen LogP contribution in [0.1, 0.15) is 45.5 Å². The first-order chi connectivity index (χ1) is 9.58. The molecule has 20 heavy (non-hydrogen) atoms. The number of halogens is 1. The van der Waals surface area contributed by atoms with Crippen LogP contribution in [0.3, 0.4) is 0 Å². The molecular weight excluding hydrogens is 264 g/mol. The van der Waals surface area contributed by atoms with E-state index in [4.69, 9.17) is 11.6 Å². The number of hydrogen-bond donors (Lipinski definition) is 0. The number of aryl methyl sites for hydroxylation is 3. The summed E-state index contributed by atoms with van der Waals surface area (Å²) in [6.45, 7) is 6.52. The lowest BCUT2D eigenvalue weighted by molar-refractivity contribution is 0.754. The van der Waals surface area contributed by atoms with E-state index in [9.17, 15) is 0 Å². The van der Waals surface area contributed by atoms with Gasteiger partial charge in [-0.3, -0.25) is 0 Å². The molecular formula is C19H21Cl. The van der Waals surface area contributed by atoms with E-state index in [0.29, 0.717) is 11.8 Å². The van der Waals surface area contributed by atoms with Gasteiger partial charge in [-0.25, -0.2) is 0 Å². The van der Waals surface area contributed by atoms with Crippen molar-refractivity contribution >= 4 is 11.6 Å². The smallest absolute Gasteiger partial charge is 0.0624 e. The van der Waals surface area contributed by atoms with Crippen LogP contribution in [0.15, 0.2) is 42.5 Å². The molecule has 1 aliphatic carbocycles. The van der Waals surface area contributed by atoms with Crippen LogP contribution < -0.4 is 0 Å². The average Bonchev–Trinajstić information content (AvgIpc) is 3.18. The predicted octanol–water partition coefficient (Wildman–Crippen LogP) is 5.70. The van der Waals surface area contributed by atoms with Gasteiger partial charge in [0.2, 0.25) is 0 Å². The maximum absolute atomic E-state index is 6.81. The standard InChI is InChI=1S/C19H21Cl/c1-12-9-13(2)18(14(3)10-12)19(20)17-11-16(17)15-7-5-4-6-8-15/h4-10,16-17,19H,11H2,1-3H3. The Morgan fingerprint density at radius 2 is 1.60 bits per heavy atom. The van der Waals surface area contributed by atoms with Crippen LogP contribution in [0.2, 0.25) is 0 Å². The first-order valence-corrected chi connectivity index (χ1v) is 7.78. The van der Waals surface area contributed by atoms with Crippen LogP contribution in [0.25, 0.3) is 0 Å². The number of benzene rings is 2. The first kappa shape index (κ1) is 13.7.